The van der Waals surface area contributed by atoms with Crippen LogP contribution in [0.2, 0.25) is 0 Å². The summed E-state index contributed by atoms with van der Waals surface area (Å²) in [5, 5.41) is 0. The van der Waals surface area contributed by atoms with Crippen molar-refractivity contribution in [3.63, 3.8) is 0 Å². The van der Waals surface area contributed by atoms with E-state index >= 15 is 0 Å². The van der Waals surface area contributed by atoms with Crippen LogP contribution in [-0.2, 0) is 0 Å². The molecule has 0 aliphatic carbocycles. The van der Waals surface area contributed by atoms with Gasteiger partial charge in [-0.2, -0.15) is 0 Å². The molecule has 0 aromatic heterocycles. The lowest BCUT2D eigenvalue weighted by Crippen LogP contribution is -2.58. The molecule has 30 heavy (non-hydrogen) atoms. The van der Waals surface area contributed by atoms with Crippen molar-refractivity contribution >= 4 is 11.5 Å². The fourth-order valence-electron chi connectivity index (χ4n) is 5.18. The van der Waals surface area contributed by atoms with Gasteiger partial charge >= 0.3 is 0 Å². The van der Waals surface area contributed by atoms with Crippen molar-refractivity contribution in [3.8, 4) is 0 Å². The third kappa shape index (κ3) is 3.88. The molecule has 2 fully saturated rings. The molecule has 5 rings (SSSR count). The summed E-state index contributed by atoms with van der Waals surface area (Å²) in [6.45, 7) is 4.42. The number of piperidine rings is 2. The molecule has 2 unspecified atom stereocenters. The highest BCUT2D eigenvalue weighted by Crippen LogP contribution is 2.34. The van der Waals surface area contributed by atoms with Crippen molar-refractivity contribution in [1.82, 2.24) is 9.80 Å². The van der Waals surface area contributed by atoms with E-state index in [-0.39, 0.29) is 18.1 Å². The van der Waals surface area contributed by atoms with Gasteiger partial charge in [0.2, 0.25) is 0 Å². The zero-order valence-electron chi connectivity index (χ0n) is 17.6. The van der Waals surface area contributed by atoms with Crippen LogP contribution < -0.4 is 4.90 Å². The van der Waals surface area contributed by atoms with Crippen molar-refractivity contribution in [2.75, 3.05) is 31.1 Å². The number of anilines is 1. The van der Waals surface area contributed by atoms with Crippen LogP contribution in [0.4, 0.5) is 10.1 Å². The highest BCUT2D eigenvalue weighted by molar-refractivity contribution is 6.11. The molecule has 0 spiro atoms. The SMILES string of the molecule is Fc1ccc(N2C(c3ccccc3)=NC(N3CCCCC3)C2N2CCCCC2)cc1. The topological polar surface area (TPSA) is 22.1 Å². The van der Waals surface area contributed by atoms with Gasteiger partial charge in [-0.25, -0.2) is 9.38 Å². The molecule has 0 amide bonds. The van der Waals surface area contributed by atoms with E-state index in [9.17, 15) is 4.39 Å². The fourth-order valence-corrected chi connectivity index (χ4v) is 5.18. The van der Waals surface area contributed by atoms with Gasteiger partial charge in [-0.05, 0) is 49.9 Å². The molecule has 158 valence electrons. The Labute approximate surface area is 179 Å². The number of hydrogen-bond acceptors (Lipinski definition) is 4. The number of aliphatic imine (C=N–C) groups is 1. The highest BCUT2D eigenvalue weighted by Gasteiger charge is 2.44. The number of amidine groups is 1. The molecule has 0 bridgehead atoms. The molecule has 3 heterocycles. The summed E-state index contributed by atoms with van der Waals surface area (Å²) in [6, 6.07) is 17.4. The number of halogens is 1. The minimum absolute atomic E-state index is 0.114. The second kappa shape index (κ2) is 8.86. The molecule has 0 N–H and O–H groups in total. The van der Waals surface area contributed by atoms with Gasteiger partial charge in [0.05, 0.1) is 0 Å². The average Bonchev–Trinajstić information content (AvgIpc) is 3.22. The second-order valence-corrected chi connectivity index (χ2v) is 8.69. The maximum atomic E-state index is 13.7. The standard InChI is InChI=1S/C25H31FN4/c26-21-12-14-22(15-13-21)30-23(20-10-4-1-5-11-20)27-24(28-16-6-2-7-17-28)25(30)29-18-8-3-9-19-29/h1,4-5,10-15,24-25H,2-3,6-9,16-19H2. The first-order valence-electron chi connectivity index (χ1n) is 11.5. The summed E-state index contributed by atoms with van der Waals surface area (Å²) in [4.78, 5) is 12.9. The van der Waals surface area contributed by atoms with Gasteiger partial charge in [-0.3, -0.25) is 9.80 Å². The van der Waals surface area contributed by atoms with E-state index < -0.39 is 0 Å². The van der Waals surface area contributed by atoms with Crippen LogP contribution in [0, 0.1) is 5.82 Å². The predicted molar refractivity (Wildman–Crippen MR) is 120 cm³/mol. The van der Waals surface area contributed by atoms with Crippen molar-refractivity contribution in [1.29, 1.82) is 0 Å². The molecular weight excluding hydrogens is 375 g/mol. The van der Waals surface area contributed by atoms with Gasteiger partial charge in [0.15, 0.2) is 0 Å². The van der Waals surface area contributed by atoms with Crippen molar-refractivity contribution in [2.45, 2.75) is 50.9 Å². The van der Waals surface area contributed by atoms with Crippen LogP contribution in [0.25, 0.3) is 0 Å². The predicted octanol–water partition coefficient (Wildman–Crippen LogP) is 4.72. The fraction of sp³-hybridized carbons (Fsp3) is 0.480. The monoisotopic (exact) mass is 406 g/mol. The van der Waals surface area contributed by atoms with E-state index in [2.05, 4.69) is 39.0 Å². The van der Waals surface area contributed by atoms with Crippen LogP contribution >= 0.6 is 0 Å². The van der Waals surface area contributed by atoms with Crippen LogP contribution in [0.15, 0.2) is 59.6 Å². The van der Waals surface area contributed by atoms with Crippen molar-refractivity contribution in [2.24, 2.45) is 4.99 Å². The summed E-state index contributed by atoms with van der Waals surface area (Å²) >= 11 is 0. The maximum Gasteiger partial charge on any atom is 0.139 e. The van der Waals surface area contributed by atoms with E-state index in [1.807, 2.05) is 18.2 Å². The Bertz CT molecular complexity index is 854. The van der Waals surface area contributed by atoms with Gasteiger partial charge in [0.25, 0.3) is 0 Å². The van der Waals surface area contributed by atoms with E-state index in [0.29, 0.717) is 0 Å². The Hall–Kier alpha value is -2.24. The van der Waals surface area contributed by atoms with Gasteiger partial charge in [-0.15, -0.1) is 0 Å². The Kier molecular flexibility index (Phi) is 5.82. The van der Waals surface area contributed by atoms with E-state index in [4.69, 9.17) is 4.99 Å². The zero-order valence-corrected chi connectivity index (χ0v) is 17.6. The maximum absolute atomic E-state index is 13.7. The number of benzene rings is 2. The minimum atomic E-state index is -0.196. The first kappa shape index (κ1) is 19.7. The Morgan fingerprint density at radius 2 is 1.30 bits per heavy atom. The number of nitrogens with zero attached hydrogens (tertiary/aromatic N) is 4. The van der Waals surface area contributed by atoms with Crippen molar-refractivity contribution < 1.29 is 4.39 Å². The second-order valence-electron chi connectivity index (χ2n) is 8.69. The lowest BCUT2D eigenvalue weighted by atomic mass is 10.1. The van der Waals surface area contributed by atoms with Gasteiger partial charge in [-0.1, -0.05) is 43.2 Å². The molecule has 5 heteroatoms. The molecule has 0 saturated carbocycles. The molecule has 2 aromatic carbocycles. The van der Waals surface area contributed by atoms with E-state index in [1.165, 1.54) is 38.5 Å². The van der Waals surface area contributed by atoms with E-state index in [0.717, 1.165) is 43.3 Å². The molecule has 2 aromatic rings. The van der Waals surface area contributed by atoms with Gasteiger partial charge < -0.3 is 4.90 Å². The highest BCUT2D eigenvalue weighted by atomic mass is 19.1. The Morgan fingerprint density at radius 3 is 1.93 bits per heavy atom. The first-order chi connectivity index (χ1) is 14.8. The third-order valence-corrected chi connectivity index (χ3v) is 6.68. The lowest BCUT2D eigenvalue weighted by molar-refractivity contribution is 0.0696. The largest absolute Gasteiger partial charge is 0.306 e. The van der Waals surface area contributed by atoms with Gasteiger partial charge in [0.1, 0.15) is 24.0 Å². The number of likely N-dealkylation sites (tertiary alicyclic amines) is 2. The molecule has 2 saturated heterocycles. The molecule has 4 nitrogen and oxygen atoms in total. The normalized spacial score (nSPS) is 26.0. The summed E-state index contributed by atoms with van der Waals surface area (Å²) < 4.78 is 13.7. The third-order valence-electron chi connectivity index (χ3n) is 6.68. The van der Waals surface area contributed by atoms with Gasteiger partial charge in [0, 0.05) is 37.4 Å². The number of rotatable bonds is 4. The Morgan fingerprint density at radius 1 is 0.700 bits per heavy atom. The molecule has 0 radical (unpaired) electrons. The summed E-state index contributed by atoms with van der Waals surface area (Å²) in [5.74, 6) is 0.812. The van der Waals surface area contributed by atoms with E-state index in [1.54, 1.807) is 12.1 Å². The molecule has 3 aliphatic heterocycles. The molecule has 3 aliphatic rings. The smallest absolute Gasteiger partial charge is 0.139 e. The molecular formula is C25H31FN4. The zero-order chi connectivity index (χ0) is 20.3. The summed E-state index contributed by atoms with van der Waals surface area (Å²) in [5.41, 5.74) is 2.15. The average molecular weight is 407 g/mol. The number of hydrogen-bond donors (Lipinski definition) is 0. The quantitative estimate of drug-likeness (QED) is 0.734. The van der Waals surface area contributed by atoms with Crippen molar-refractivity contribution in [3.05, 3.63) is 66.0 Å². The molecule has 2 atom stereocenters. The summed E-state index contributed by atoms with van der Waals surface area (Å²) in [6.07, 6.45) is 7.86. The summed E-state index contributed by atoms with van der Waals surface area (Å²) in [7, 11) is 0. The minimum Gasteiger partial charge on any atom is -0.306 e. The van der Waals surface area contributed by atoms with Crippen LogP contribution in [0.1, 0.15) is 44.1 Å². The first-order valence-corrected chi connectivity index (χ1v) is 11.5. The Balaban J connectivity index is 1.59. The van der Waals surface area contributed by atoms with Crippen LogP contribution in [0.3, 0.4) is 0 Å². The lowest BCUT2D eigenvalue weighted by Gasteiger charge is -2.44. The van der Waals surface area contributed by atoms with Crippen LogP contribution in [0.5, 0.6) is 0 Å². The van der Waals surface area contributed by atoms with Crippen LogP contribution in [-0.4, -0.2) is 54.1 Å².